The molecular weight excluding hydrogens is 376 g/mol. The van der Waals surface area contributed by atoms with E-state index in [1.807, 2.05) is 30.3 Å². The number of rotatable bonds is 7. The second kappa shape index (κ2) is 10.7. The van der Waals surface area contributed by atoms with Crippen LogP contribution >= 0.6 is 0 Å². The van der Waals surface area contributed by atoms with E-state index in [4.69, 9.17) is 0 Å². The summed E-state index contributed by atoms with van der Waals surface area (Å²) in [6.07, 6.45) is 3.32. The van der Waals surface area contributed by atoms with Crippen molar-refractivity contribution in [3.63, 3.8) is 0 Å². The molecule has 0 radical (unpaired) electrons. The molecule has 6 nitrogen and oxygen atoms in total. The lowest BCUT2D eigenvalue weighted by Crippen LogP contribution is -2.47. The van der Waals surface area contributed by atoms with Crippen molar-refractivity contribution in [2.24, 2.45) is 0 Å². The van der Waals surface area contributed by atoms with E-state index >= 15 is 0 Å². The largest absolute Gasteiger partial charge is 0.355 e. The molecular formula is C24H30N4O2. The Kier molecular flexibility index (Phi) is 7.76. The lowest BCUT2D eigenvalue weighted by atomic mass is 10.1. The summed E-state index contributed by atoms with van der Waals surface area (Å²) in [4.78, 5) is 29.0. The van der Waals surface area contributed by atoms with Crippen molar-refractivity contribution in [3.8, 4) is 0 Å². The Morgan fingerprint density at radius 1 is 1.00 bits per heavy atom. The summed E-state index contributed by atoms with van der Waals surface area (Å²) in [6.45, 7) is 4.88. The number of piperazine rings is 1. The van der Waals surface area contributed by atoms with Crippen LogP contribution in [0.5, 0.6) is 0 Å². The van der Waals surface area contributed by atoms with Crippen LogP contribution in [0.3, 0.4) is 0 Å². The molecule has 30 heavy (non-hydrogen) atoms. The molecule has 0 aliphatic carbocycles. The van der Waals surface area contributed by atoms with E-state index in [0.717, 1.165) is 43.9 Å². The average Bonchev–Trinajstić information content (AvgIpc) is 2.79. The number of benzene rings is 2. The van der Waals surface area contributed by atoms with E-state index in [1.54, 1.807) is 31.3 Å². The van der Waals surface area contributed by atoms with E-state index in [9.17, 15) is 9.59 Å². The normalized spacial score (nSPS) is 16.3. The van der Waals surface area contributed by atoms with Crippen LogP contribution in [0.2, 0.25) is 0 Å². The smallest absolute Gasteiger partial charge is 0.251 e. The summed E-state index contributed by atoms with van der Waals surface area (Å²) < 4.78 is 0. The van der Waals surface area contributed by atoms with Gasteiger partial charge in [-0.15, -0.1) is 0 Å². The van der Waals surface area contributed by atoms with Crippen LogP contribution < -0.4 is 10.6 Å². The van der Waals surface area contributed by atoms with E-state index in [0.29, 0.717) is 5.56 Å². The Bertz CT molecular complexity index is 857. The number of hydrogen-bond acceptors (Lipinski definition) is 4. The minimum Gasteiger partial charge on any atom is -0.355 e. The van der Waals surface area contributed by atoms with Crippen molar-refractivity contribution in [2.75, 3.05) is 46.8 Å². The van der Waals surface area contributed by atoms with Crippen LogP contribution in [-0.2, 0) is 4.79 Å². The van der Waals surface area contributed by atoms with Crippen LogP contribution in [0.4, 0.5) is 0 Å². The highest BCUT2D eigenvalue weighted by atomic mass is 16.2. The SMILES string of the molecule is CNC(=O)c1ccc(/C=C/C(=O)NC(CN2CCN(C)CC2)c2ccccc2)cc1. The maximum atomic E-state index is 12.6. The number of nitrogens with zero attached hydrogens (tertiary/aromatic N) is 2. The predicted octanol–water partition coefficient (Wildman–Crippen LogP) is 2.16. The van der Waals surface area contributed by atoms with Crippen molar-refractivity contribution >= 4 is 17.9 Å². The van der Waals surface area contributed by atoms with Gasteiger partial charge in [0.1, 0.15) is 0 Å². The first-order valence-electron chi connectivity index (χ1n) is 10.3. The molecule has 1 unspecified atom stereocenters. The summed E-state index contributed by atoms with van der Waals surface area (Å²) in [5.41, 5.74) is 2.57. The number of hydrogen-bond donors (Lipinski definition) is 2. The average molecular weight is 407 g/mol. The van der Waals surface area contributed by atoms with Gasteiger partial charge in [-0.3, -0.25) is 14.5 Å². The molecule has 6 heteroatoms. The zero-order valence-corrected chi connectivity index (χ0v) is 17.7. The molecule has 0 spiro atoms. The van der Waals surface area contributed by atoms with Gasteiger partial charge in [0.15, 0.2) is 0 Å². The molecule has 158 valence electrons. The van der Waals surface area contributed by atoms with Gasteiger partial charge in [0, 0.05) is 51.4 Å². The highest BCUT2D eigenvalue weighted by molar-refractivity contribution is 5.94. The Hall–Kier alpha value is -2.96. The van der Waals surface area contributed by atoms with Crippen LogP contribution in [0.15, 0.2) is 60.7 Å². The van der Waals surface area contributed by atoms with Gasteiger partial charge in [-0.2, -0.15) is 0 Å². The van der Waals surface area contributed by atoms with Crippen LogP contribution in [0.25, 0.3) is 6.08 Å². The predicted molar refractivity (Wildman–Crippen MR) is 120 cm³/mol. The Morgan fingerprint density at radius 3 is 2.30 bits per heavy atom. The fourth-order valence-corrected chi connectivity index (χ4v) is 3.49. The lowest BCUT2D eigenvalue weighted by Gasteiger charge is -2.34. The quantitative estimate of drug-likeness (QED) is 0.692. The van der Waals surface area contributed by atoms with E-state index in [1.165, 1.54) is 0 Å². The van der Waals surface area contributed by atoms with Crippen molar-refractivity contribution in [1.82, 2.24) is 20.4 Å². The molecule has 1 atom stereocenters. The van der Waals surface area contributed by atoms with Crippen molar-refractivity contribution in [3.05, 3.63) is 77.4 Å². The maximum absolute atomic E-state index is 12.6. The highest BCUT2D eigenvalue weighted by Crippen LogP contribution is 2.16. The monoisotopic (exact) mass is 406 g/mol. The second-order valence-corrected chi connectivity index (χ2v) is 7.61. The van der Waals surface area contributed by atoms with Crippen molar-refractivity contribution in [2.45, 2.75) is 6.04 Å². The third-order valence-electron chi connectivity index (χ3n) is 5.38. The van der Waals surface area contributed by atoms with Gasteiger partial charge in [-0.05, 0) is 36.4 Å². The van der Waals surface area contributed by atoms with E-state index in [2.05, 4.69) is 39.6 Å². The zero-order chi connectivity index (χ0) is 21.3. The summed E-state index contributed by atoms with van der Waals surface area (Å²) in [7, 11) is 3.74. The van der Waals surface area contributed by atoms with Gasteiger partial charge in [0.25, 0.3) is 5.91 Å². The molecule has 0 bridgehead atoms. The summed E-state index contributed by atoms with van der Waals surface area (Å²) >= 11 is 0. The number of likely N-dealkylation sites (N-methyl/N-ethyl adjacent to an activating group) is 1. The lowest BCUT2D eigenvalue weighted by molar-refractivity contribution is -0.117. The molecule has 1 fully saturated rings. The van der Waals surface area contributed by atoms with Gasteiger partial charge >= 0.3 is 0 Å². The molecule has 2 N–H and O–H groups in total. The molecule has 2 aromatic carbocycles. The summed E-state index contributed by atoms with van der Waals surface area (Å²) in [5.74, 6) is -0.258. The van der Waals surface area contributed by atoms with Gasteiger partial charge in [-0.25, -0.2) is 0 Å². The molecule has 1 aliphatic rings. The molecule has 1 aliphatic heterocycles. The minimum absolute atomic E-state index is 0.0672. The van der Waals surface area contributed by atoms with Gasteiger partial charge in [0.2, 0.25) is 5.91 Å². The van der Waals surface area contributed by atoms with Crippen molar-refractivity contribution < 1.29 is 9.59 Å². The Labute approximate surface area is 178 Å². The van der Waals surface area contributed by atoms with Gasteiger partial charge < -0.3 is 15.5 Å². The molecule has 2 aromatic rings. The summed E-state index contributed by atoms with van der Waals surface area (Å²) in [5, 5.41) is 5.75. The van der Waals surface area contributed by atoms with Gasteiger partial charge in [0.05, 0.1) is 6.04 Å². The Morgan fingerprint density at radius 2 is 1.67 bits per heavy atom. The fraction of sp³-hybridized carbons (Fsp3) is 0.333. The second-order valence-electron chi connectivity index (χ2n) is 7.61. The van der Waals surface area contributed by atoms with Crippen LogP contribution in [-0.4, -0.2) is 68.4 Å². The summed E-state index contributed by atoms with van der Waals surface area (Å²) in [6, 6.07) is 17.2. The van der Waals surface area contributed by atoms with E-state index in [-0.39, 0.29) is 17.9 Å². The third-order valence-corrected chi connectivity index (χ3v) is 5.38. The maximum Gasteiger partial charge on any atom is 0.251 e. The zero-order valence-electron chi connectivity index (χ0n) is 17.7. The Balaban J connectivity index is 1.64. The topological polar surface area (TPSA) is 64.7 Å². The van der Waals surface area contributed by atoms with Gasteiger partial charge in [-0.1, -0.05) is 42.5 Å². The van der Waals surface area contributed by atoms with Crippen LogP contribution in [0.1, 0.15) is 27.5 Å². The molecule has 0 saturated carbocycles. The number of carbonyl (C=O) groups excluding carboxylic acids is 2. The molecule has 1 heterocycles. The third kappa shape index (κ3) is 6.27. The van der Waals surface area contributed by atoms with Crippen LogP contribution in [0, 0.1) is 0 Å². The first-order chi connectivity index (χ1) is 14.5. The van der Waals surface area contributed by atoms with Crippen molar-refractivity contribution in [1.29, 1.82) is 0 Å². The molecule has 0 aromatic heterocycles. The number of nitrogens with one attached hydrogen (secondary N) is 2. The molecule has 1 saturated heterocycles. The molecule has 3 rings (SSSR count). The highest BCUT2D eigenvalue weighted by Gasteiger charge is 2.20. The molecule has 2 amide bonds. The fourth-order valence-electron chi connectivity index (χ4n) is 3.49. The standard InChI is InChI=1S/C24H30N4O2/c1-25-24(30)21-11-8-19(9-12-21)10-13-23(29)26-22(20-6-4-3-5-7-20)18-28-16-14-27(2)15-17-28/h3-13,22H,14-18H2,1-2H3,(H,25,30)(H,26,29)/b13-10+. The first kappa shape index (κ1) is 21.7. The number of amides is 2. The van der Waals surface area contributed by atoms with E-state index < -0.39 is 0 Å². The number of carbonyl (C=O) groups is 2. The first-order valence-corrected chi connectivity index (χ1v) is 10.3. The minimum atomic E-state index is -0.131.